The smallest absolute Gasteiger partial charge is 0.336 e. The van der Waals surface area contributed by atoms with Crippen molar-refractivity contribution in [3.63, 3.8) is 0 Å². The normalized spacial score (nSPS) is 10.3. The van der Waals surface area contributed by atoms with Gasteiger partial charge in [-0.3, -0.25) is 0 Å². The molecule has 0 amide bonds. The average Bonchev–Trinajstić information content (AvgIpc) is 2.43. The molecule has 3 heteroatoms. The molecule has 0 saturated heterocycles. The highest BCUT2D eigenvalue weighted by Gasteiger charge is 2.12. The first kappa shape index (κ1) is 10.3. The van der Waals surface area contributed by atoms with Crippen molar-refractivity contribution in [1.29, 1.82) is 0 Å². The van der Waals surface area contributed by atoms with Crippen LogP contribution in [0.15, 0.2) is 5.38 Å². The first-order valence-electron chi connectivity index (χ1n) is 4.47. The number of hydrogen-bond acceptors (Lipinski definition) is 2. The third kappa shape index (κ3) is 2.31. The molecule has 1 aromatic rings. The van der Waals surface area contributed by atoms with Gasteiger partial charge in [0.05, 0.1) is 5.56 Å². The molecular formula is C10H14O2S. The summed E-state index contributed by atoms with van der Waals surface area (Å²) in [7, 11) is 0. The summed E-state index contributed by atoms with van der Waals surface area (Å²) >= 11 is 1.56. The first-order valence-corrected chi connectivity index (χ1v) is 5.35. The Hall–Kier alpha value is -0.830. The maximum absolute atomic E-state index is 10.7. The van der Waals surface area contributed by atoms with Crippen LogP contribution in [-0.4, -0.2) is 11.1 Å². The molecule has 0 saturated carbocycles. The molecule has 2 nitrogen and oxygen atoms in total. The molecule has 0 aliphatic carbocycles. The van der Waals surface area contributed by atoms with E-state index in [-0.39, 0.29) is 0 Å². The summed E-state index contributed by atoms with van der Waals surface area (Å²) in [6.45, 7) is 4.03. The maximum Gasteiger partial charge on any atom is 0.336 e. The largest absolute Gasteiger partial charge is 0.478 e. The molecule has 0 radical (unpaired) electrons. The third-order valence-corrected chi connectivity index (χ3v) is 3.28. The fourth-order valence-corrected chi connectivity index (χ4v) is 2.34. The number of aromatic carboxylic acids is 1. The van der Waals surface area contributed by atoms with Crippen LogP contribution in [0.2, 0.25) is 0 Å². The summed E-state index contributed by atoms with van der Waals surface area (Å²) in [5.41, 5.74) is 1.42. The summed E-state index contributed by atoms with van der Waals surface area (Å²) in [4.78, 5) is 11.9. The van der Waals surface area contributed by atoms with E-state index < -0.39 is 5.97 Å². The predicted molar refractivity (Wildman–Crippen MR) is 54.6 cm³/mol. The van der Waals surface area contributed by atoms with Crippen LogP contribution >= 0.6 is 11.3 Å². The Labute approximate surface area is 82.2 Å². The molecule has 0 unspecified atom stereocenters. The molecule has 1 rings (SSSR count). The lowest BCUT2D eigenvalue weighted by Gasteiger charge is -1.97. The highest BCUT2D eigenvalue weighted by Crippen LogP contribution is 2.23. The number of rotatable bonds is 4. The molecule has 72 valence electrons. The predicted octanol–water partition coefficient (Wildman–Crippen LogP) is 3.10. The van der Waals surface area contributed by atoms with Gasteiger partial charge in [0.25, 0.3) is 0 Å². The summed E-state index contributed by atoms with van der Waals surface area (Å²) < 4.78 is 0. The second kappa shape index (κ2) is 4.42. The number of carboxylic acids is 1. The minimum Gasteiger partial charge on any atom is -0.478 e. The van der Waals surface area contributed by atoms with Crippen molar-refractivity contribution >= 4 is 17.3 Å². The Morgan fingerprint density at radius 2 is 2.31 bits per heavy atom. The average molecular weight is 198 g/mol. The number of hydrogen-bond donors (Lipinski definition) is 1. The minimum absolute atomic E-state index is 0.469. The zero-order valence-corrected chi connectivity index (χ0v) is 8.78. The van der Waals surface area contributed by atoms with Gasteiger partial charge in [0.1, 0.15) is 0 Å². The summed E-state index contributed by atoms with van der Waals surface area (Å²) in [6, 6.07) is 0. The van der Waals surface area contributed by atoms with E-state index in [4.69, 9.17) is 5.11 Å². The zero-order valence-electron chi connectivity index (χ0n) is 7.96. The van der Waals surface area contributed by atoms with E-state index in [1.807, 2.05) is 6.92 Å². The Morgan fingerprint density at radius 1 is 1.62 bits per heavy atom. The number of unbranched alkanes of at least 4 members (excludes halogenated alkanes) is 1. The van der Waals surface area contributed by atoms with Crippen LogP contribution in [0.3, 0.4) is 0 Å². The first-order chi connectivity index (χ1) is 6.16. The van der Waals surface area contributed by atoms with Gasteiger partial charge < -0.3 is 5.11 Å². The fraction of sp³-hybridized carbons (Fsp3) is 0.500. The molecule has 1 heterocycles. The Bertz CT molecular complexity index is 302. The van der Waals surface area contributed by atoms with Gasteiger partial charge in [-0.1, -0.05) is 13.3 Å². The lowest BCUT2D eigenvalue weighted by molar-refractivity contribution is 0.0696. The monoisotopic (exact) mass is 198 g/mol. The molecule has 1 aromatic heterocycles. The highest BCUT2D eigenvalue weighted by atomic mass is 32.1. The third-order valence-electron chi connectivity index (χ3n) is 2.13. The topological polar surface area (TPSA) is 37.3 Å². The second-order valence-corrected chi connectivity index (χ2v) is 4.07. The molecule has 0 atom stereocenters. The van der Waals surface area contributed by atoms with Gasteiger partial charge in [0.2, 0.25) is 0 Å². The number of thiophene rings is 1. The minimum atomic E-state index is -0.809. The van der Waals surface area contributed by atoms with Crippen LogP contribution in [0.4, 0.5) is 0 Å². The van der Waals surface area contributed by atoms with E-state index in [0.29, 0.717) is 5.56 Å². The van der Waals surface area contributed by atoms with Gasteiger partial charge in [-0.05, 0) is 25.3 Å². The Kier molecular flexibility index (Phi) is 3.48. The van der Waals surface area contributed by atoms with Crippen LogP contribution in [0.5, 0.6) is 0 Å². The molecule has 1 N–H and O–H groups in total. The lowest BCUT2D eigenvalue weighted by atomic mass is 10.1. The number of aryl methyl sites for hydroxylation is 1. The van der Waals surface area contributed by atoms with Crippen LogP contribution in [0.25, 0.3) is 0 Å². The van der Waals surface area contributed by atoms with Gasteiger partial charge in [-0.15, -0.1) is 11.3 Å². The fourth-order valence-electron chi connectivity index (χ4n) is 1.25. The van der Waals surface area contributed by atoms with Crippen molar-refractivity contribution in [1.82, 2.24) is 0 Å². The van der Waals surface area contributed by atoms with E-state index in [1.165, 1.54) is 4.88 Å². The molecule has 0 bridgehead atoms. The maximum atomic E-state index is 10.7. The van der Waals surface area contributed by atoms with E-state index in [9.17, 15) is 4.79 Å². The molecule has 0 aliphatic rings. The van der Waals surface area contributed by atoms with Crippen molar-refractivity contribution in [2.24, 2.45) is 0 Å². The Morgan fingerprint density at radius 3 is 2.77 bits per heavy atom. The van der Waals surface area contributed by atoms with Crippen molar-refractivity contribution in [3.05, 3.63) is 21.4 Å². The Balaban J connectivity index is 2.80. The van der Waals surface area contributed by atoms with E-state index in [1.54, 1.807) is 16.7 Å². The molecule has 0 fully saturated rings. The van der Waals surface area contributed by atoms with Gasteiger partial charge in [0.15, 0.2) is 0 Å². The summed E-state index contributed by atoms with van der Waals surface area (Å²) in [6.07, 6.45) is 3.31. The van der Waals surface area contributed by atoms with Gasteiger partial charge in [-0.25, -0.2) is 4.79 Å². The van der Waals surface area contributed by atoms with E-state index in [2.05, 4.69) is 6.92 Å². The van der Waals surface area contributed by atoms with Crippen LogP contribution in [0, 0.1) is 6.92 Å². The van der Waals surface area contributed by atoms with Crippen LogP contribution in [-0.2, 0) is 6.42 Å². The molecule has 13 heavy (non-hydrogen) atoms. The van der Waals surface area contributed by atoms with Gasteiger partial charge >= 0.3 is 5.97 Å². The molecule has 0 spiro atoms. The standard InChI is InChI=1S/C10H14O2S/c1-3-4-5-9-7(2)8(6-13-9)10(11)12/h6H,3-5H2,1-2H3,(H,11,12). The molecule has 0 aliphatic heterocycles. The zero-order chi connectivity index (χ0) is 9.84. The lowest BCUT2D eigenvalue weighted by Crippen LogP contribution is -1.96. The molecule has 0 aromatic carbocycles. The van der Waals surface area contributed by atoms with Crippen molar-refractivity contribution in [2.45, 2.75) is 33.1 Å². The SMILES string of the molecule is CCCCc1scc(C(=O)O)c1C. The van der Waals surface area contributed by atoms with Crippen molar-refractivity contribution < 1.29 is 9.90 Å². The van der Waals surface area contributed by atoms with Crippen molar-refractivity contribution in [2.75, 3.05) is 0 Å². The molecular weight excluding hydrogens is 184 g/mol. The highest BCUT2D eigenvalue weighted by molar-refractivity contribution is 7.10. The van der Waals surface area contributed by atoms with E-state index in [0.717, 1.165) is 24.8 Å². The number of carboxylic acid groups (broad SMARTS) is 1. The summed E-state index contributed by atoms with van der Waals surface area (Å²) in [5.74, 6) is -0.809. The van der Waals surface area contributed by atoms with Gasteiger partial charge in [-0.2, -0.15) is 0 Å². The van der Waals surface area contributed by atoms with E-state index >= 15 is 0 Å². The van der Waals surface area contributed by atoms with Crippen LogP contribution in [0.1, 0.15) is 40.6 Å². The second-order valence-electron chi connectivity index (χ2n) is 3.11. The van der Waals surface area contributed by atoms with Crippen molar-refractivity contribution in [3.8, 4) is 0 Å². The number of carbonyl (C=O) groups is 1. The summed E-state index contributed by atoms with van der Waals surface area (Å²) in [5, 5.41) is 10.5. The quantitative estimate of drug-likeness (QED) is 0.807. The van der Waals surface area contributed by atoms with Crippen LogP contribution < -0.4 is 0 Å². The van der Waals surface area contributed by atoms with Gasteiger partial charge in [0, 0.05) is 10.3 Å².